The van der Waals surface area contributed by atoms with Crippen LogP contribution in [0.2, 0.25) is 5.02 Å². The van der Waals surface area contributed by atoms with E-state index in [0.717, 1.165) is 37.1 Å². The molecule has 1 amide bonds. The summed E-state index contributed by atoms with van der Waals surface area (Å²) in [6.07, 6.45) is 3.50. The molecule has 7 nitrogen and oxygen atoms in total. The molecule has 2 atom stereocenters. The third-order valence-electron chi connectivity index (χ3n) is 5.46. The van der Waals surface area contributed by atoms with Crippen LogP contribution in [0.1, 0.15) is 32.3 Å². The Morgan fingerprint density at radius 2 is 2.27 bits per heavy atom. The molecule has 30 heavy (non-hydrogen) atoms. The summed E-state index contributed by atoms with van der Waals surface area (Å²) >= 11 is 6.29. The maximum atomic E-state index is 12.2. The van der Waals surface area contributed by atoms with Gasteiger partial charge in [-0.25, -0.2) is 9.97 Å². The van der Waals surface area contributed by atoms with Crippen molar-refractivity contribution in [2.24, 2.45) is 11.7 Å². The summed E-state index contributed by atoms with van der Waals surface area (Å²) in [6, 6.07) is 5.87. The molecule has 1 aliphatic heterocycles. The number of rotatable bonds is 8. The van der Waals surface area contributed by atoms with Crippen LogP contribution < -0.4 is 20.7 Å². The molecule has 1 fully saturated rings. The highest BCUT2D eigenvalue weighted by molar-refractivity contribution is 6.31. The second-order valence-corrected chi connectivity index (χ2v) is 8.25. The Morgan fingerprint density at radius 3 is 2.93 bits per heavy atom. The molecule has 2 aromatic rings. The Balaban J connectivity index is 1.86. The Labute approximate surface area is 183 Å². The van der Waals surface area contributed by atoms with Crippen molar-refractivity contribution in [2.75, 3.05) is 31.1 Å². The number of hydrogen-bond acceptors (Lipinski definition) is 6. The standard InChI is InChI=1S/C22H30ClN5O2/c1-4-15(3)26-20(29)13-30-19-11-25-21(17-6-5-14(2)18(23)9-17)27-22(19)28-8-7-16(10-24)12-28/h5-6,9,11,15-16H,4,7-8,10,12-13,24H2,1-3H3,(H,26,29). The lowest BCUT2D eigenvalue weighted by molar-refractivity contribution is -0.123. The summed E-state index contributed by atoms with van der Waals surface area (Å²) in [7, 11) is 0. The van der Waals surface area contributed by atoms with Crippen LogP contribution in [-0.2, 0) is 4.79 Å². The van der Waals surface area contributed by atoms with Crippen LogP contribution >= 0.6 is 11.6 Å². The topological polar surface area (TPSA) is 93.4 Å². The van der Waals surface area contributed by atoms with E-state index in [2.05, 4.69) is 15.2 Å². The third kappa shape index (κ3) is 5.40. The molecule has 3 N–H and O–H groups in total. The van der Waals surface area contributed by atoms with Gasteiger partial charge in [0.05, 0.1) is 6.20 Å². The van der Waals surface area contributed by atoms with Gasteiger partial charge < -0.3 is 20.7 Å². The van der Waals surface area contributed by atoms with E-state index in [4.69, 9.17) is 27.1 Å². The van der Waals surface area contributed by atoms with E-state index in [1.54, 1.807) is 6.20 Å². The summed E-state index contributed by atoms with van der Waals surface area (Å²) in [5, 5.41) is 3.57. The normalized spacial score (nSPS) is 17.1. The monoisotopic (exact) mass is 431 g/mol. The van der Waals surface area contributed by atoms with E-state index in [0.29, 0.717) is 34.9 Å². The fourth-order valence-electron chi connectivity index (χ4n) is 3.34. The number of aromatic nitrogens is 2. The fraction of sp³-hybridized carbons (Fsp3) is 0.500. The predicted molar refractivity (Wildman–Crippen MR) is 120 cm³/mol. The summed E-state index contributed by atoms with van der Waals surface area (Å²) in [6.45, 7) is 8.14. The molecule has 0 spiro atoms. The second-order valence-electron chi connectivity index (χ2n) is 7.85. The number of aryl methyl sites for hydroxylation is 1. The van der Waals surface area contributed by atoms with Gasteiger partial charge in [0.15, 0.2) is 24.0 Å². The molecule has 8 heteroatoms. The summed E-state index contributed by atoms with van der Waals surface area (Å²) < 4.78 is 5.82. The van der Waals surface area contributed by atoms with Crippen LogP contribution in [-0.4, -0.2) is 48.2 Å². The fourth-order valence-corrected chi connectivity index (χ4v) is 3.52. The first-order valence-corrected chi connectivity index (χ1v) is 10.8. The first-order valence-electron chi connectivity index (χ1n) is 10.4. The number of amides is 1. The zero-order chi connectivity index (χ0) is 21.7. The smallest absolute Gasteiger partial charge is 0.258 e. The van der Waals surface area contributed by atoms with Gasteiger partial charge >= 0.3 is 0 Å². The van der Waals surface area contributed by atoms with Crippen molar-refractivity contribution in [2.45, 2.75) is 39.7 Å². The highest BCUT2D eigenvalue weighted by Gasteiger charge is 2.26. The Morgan fingerprint density at radius 1 is 1.47 bits per heavy atom. The number of carbonyl (C=O) groups excluding carboxylic acids is 1. The molecule has 2 unspecified atom stereocenters. The van der Waals surface area contributed by atoms with Gasteiger partial charge in [0, 0.05) is 29.7 Å². The summed E-state index contributed by atoms with van der Waals surface area (Å²) in [5.41, 5.74) is 7.70. The Bertz CT molecular complexity index is 892. The lowest BCUT2D eigenvalue weighted by atomic mass is 10.1. The highest BCUT2D eigenvalue weighted by atomic mass is 35.5. The van der Waals surface area contributed by atoms with Crippen LogP contribution in [0, 0.1) is 12.8 Å². The molecule has 0 bridgehead atoms. The lowest BCUT2D eigenvalue weighted by Crippen LogP contribution is -2.35. The summed E-state index contributed by atoms with van der Waals surface area (Å²) in [5.74, 6) is 2.00. The van der Waals surface area contributed by atoms with Gasteiger partial charge in [-0.2, -0.15) is 0 Å². The number of ether oxygens (including phenoxy) is 1. The van der Waals surface area contributed by atoms with E-state index < -0.39 is 0 Å². The molecule has 0 aliphatic carbocycles. The van der Waals surface area contributed by atoms with Crippen molar-refractivity contribution in [3.8, 4) is 17.1 Å². The third-order valence-corrected chi connectivity index (χ3v) is 5.87. The number of halogens is 1. The molecule has 0 radical (unpaired) electrons. The number of hydrogen-bond donors (Lipinski definition) is 2. The van der Waals surface area contributed by atoms with Crippen molar-refractivity contribution in [3.05, 3.63) is 35.0 Å². The van der Waals surface area contributed by atoms with Crippen LogP contribution in [0.25, 0.3) is 11.4 Å². The average Bonchev–Trinajstić information content (AvgIpc) is 3.23. The Hall–Kier alpha value is -2.38. The van der Waals surface area contributed by atoms with Crippen molar-refractivity contribution in [3.63, 3.8) is 0 Å². The SMILES string of the molecule is CCC(C)NC(=O)COc1cnc(-c2ccc(C)c(Cl)c2)nc1N1CCC(CN)C1. The van der Waals surface area contributed by atoms with Gasteiger partial charge in [-0.1, -0.05) is 30.7 Å². The minimum absolute atomic E-state index is 0.0788. The number of nitrogens with zero attached hydrogens (tertiary/aromatic N) is 3. The van der Waals surface area contributed by atoms with E-state index in [9.17, 15) is 4.79 Å². The van der Waals surface area contributed by atoms with Crippen molar-refractivity contribution in [1.82, 2.24) is 15.3 Å². The minimum atomic E-state index is -0.161. The van der Waals surface area contributed by atoms with Crippen molar-refractivity contribution < 1.29 is 9.53 Å². The zero-order valence-corrected chi connectivity index (χ0v) is 18.6. The lowest BCUT2D eigenvalue weighted by Gasteiger charge is -2.21. The number of nitrogens with two attached hydrogens (primary N) is 1. The van der Waals surface area contributed by atoms with Crippen LogP contribution in [0.15, 0.2) is 24.4 Å². The van der Waals surface area contributed by atoms with Crippen LogP contribution in [0.4, 0.5) is 5.82 Å². The van der Waals surface area contributed by atoms with Gasteiger partial charge in [-0.3, -0.25) is 4.79 Å². The number of benzene rings is 1. The quantitative estimate of drug-likeness (QED) is 0.666. The summed E-state index contributed by atoms with van der Waals surface area (Å²) in [4.78, 5) is 23.6. The maximum Gasteiger partial charge on any atom is 0.258 e. The van der Waals surface area contributed by atoms with Gasteiger partial charge in [0.25, 0.3) is 5.91 Å². The molecular weight excluding hydrogens is 402 g/mol. The molecule has 1 aliphatic rings. The van der Waals surface area contributed by atoms with Gasteiger partial charge in [0.1, 0.15) is 0 Å². The van der Waals surface area contributed by atoms with Gasteiger partial charge in [-0.15, -0.1) is 0 Å². The molecule has 162 valence electrons. The van der Waals surface area contributed by atoms with Crippen molar-refractivity contribution in [1.29, 1.82) is 0 Å². The molecule has 0 saturated carbocycles. The van der Waals surface area contributed by atoms with E-state index in [1.807, 2.05) is 39.0 Å². The van der Waals surface area contributed by atoms with Gasteiger partial charge in [-0.05, 0) is 50.8 Å². The first-order chi connectivity index (χ1) is 14.4. The zero-order valence-electron chi connectivity index (χ0n) is 17.8. The Kier molecular flexibility index (Phi) is 7.50. The number of carbonyl (C=O) groups is 1. The van der Waals surface area contributed by atoms with Gasteiger partial charge in [0.2, 0.25) is 0 Å². The molecule has 1 aromatic heterocycles. The largest absolute Gasteiger partial charge is 0.478 e. The minimum Gasteiger partial charge on any atom is -0.478 e. The van der Waals surface area contributed by atoms with Crippen molar-refractivity contribution >= 4 is 23.3 Å². The molecular formula is C22H30ClN5O2. The van der Waals surface area contributed by atoms with E-state index in [1.165, 1.54) is 0 Å². The van der Waals surface area contributed by atoms with E-state index >= 15 is 0 Å². The first kappa shape index (κ1) is 22.3. The molecule has 2 heterocycles. The predicted octanol–water partition coefficient (Wildman–Crippen LogP) is 3.18. The van der Waals surface area contributed by atoms with Crippen LogP contribution in [0.3, 0.4) is 0 Å². The maximum absolute atomic E-state index is 12.2. The number of anilines is 1. The molecule has 1 aromatic carbocycles. The van der Waals surface area contributed by atoms with Crippen LogP contribution in [0.5, 0.6) is 5.75 Å². The highest BCUT2D eigenvalue weighted by Crippen LogP contribution is 2.32. The second kappa shape index (κ2) is 10.1. The molecule has 1 saturated heterocycles. The molecule has 3 rings (SSSR count). The van der Waals surface area contributed by atoms with E-state index in [-0.39, 0.29) is 18.6 Å². The average molecular weight is 432 g/mol. The number of nitrogens with one attached hydrogen (secondary N) is 1.